The van der Waals surface area contributed by atoms with Gasteiger partial charge >= 0.3 is 0 Å². The molecule has 0 radical (unpaired) electrons. The van der Waals surface area contributed by atoms with Crippen molar-refractivity contribution in [1.29, 1.82) is 0 Å². The average molecular weight is 250 g/mol. The molecule has 1 aromatic heterocycles. The highest BCUT2D eigenvalue weighted by Crippen LogP contribution is 2.16. The zero-order valence-corrected chi connectivity index (χ0v) is 10.6. The predicted molar refractivity (Wildman–Crippen MR) is 67.7 cm³/mol. The Morgan fingerprint density at radius 1 is 1.39 bits per heavy atom. The molecule has 0 bridgehead atoms. The van der Waals surface area contributed by atoms with Crippen LogP contribution in [0, 0.1) is 0 Å². The Bertz CT molecular complexity index is 388. The Kier molecular flexibility index (Phi) is 4.46. The average Bonchev–Trinajstić information content (AvgIpc) is 2.93. The molecule has 2 rings (SSSR count). The Morgan fingerprint density at radius 2 is 2.17 bits per heavy atom. The third kappa shape index (κ3) is 3.16. The molecule has 1 N–H and O–H groups in total. The van der Waals surface area contributed by atoms with Crippen LogP contribution in [-0.4, -0.2) is 49.5 Å². The van der Waals surface area contributed by atoms with Crippen LogP contribution in [0.25, 0.3) is 0 Å². The van der Waals surface area contributed by atoms with E-state index < -0.39 is 0 Å². The van der Waals surface area contributed by atoms with Crippen LogP contribution in [-0.2, 0) is 4.74 Å². The summed E-state index contributed by atoms with van der Waals surface area (Å²) in [6, 6.07) is 3.56. The van der Waals surface area contributed by atoms with Crippen molar-refractivity contribution in [3.63, 3.8) is 0 Å². The van der Waals surface area contributed by atoms with Crippen molar-refractivity contribution in [3.05, 3.63) is 17.8 Å². The topological polar surface area (TPSA) is 67.3 Å². The number of carbonyl (C=O) groups is 1. The van der Waals surface area contributed by atoms with Crippen LogP contribution in [0.1, 0.15) is 23.3 Å². The summed E-state index contributed by atoms with van der Waals surface area (Å²) in [4.78, 5) is 13.8. The summed E-state index contributed by atoms with van der Waals surface area (Å²) in [6.45, 7) is 3.01. The maximum Gasteiger partial charge on any atom is 0.271 e. The minimum absolute atomic E-state index is 0.215. The molecule has 6 nitrogen and oxygen atoms in total. The minimum Gasteiger partial charge on any atom is -0.383 e. The van der Waals surface area contributed by atoms with Crippen molar-refractivity contribution in [2.24, 2.45) is 0 Å². The van der Waals surface area contributed by atoms with Crippen LogP contribution >= 0.6 is 0 Å². The van der Waals surface area contributed by atoms with Gasteiger partial charge in [0.05, 0.1) is 6.61 Å². The minimum atomic E-state index is -0.215. The number of carbonyl (C=O) groups excluding carboxylic acids is 1. The number of nitrogens with one attached hydrogen (secondary N) is 1. The molecule has 6 heteroatoms. The number of anilines is 1. The fourth-order valence-corrected chi connectivity index (χ4v) is 1.92. The highest BCUT2D eigenvalue weighted by Gasteiger charge is 2.15. The molecule has 1 saturated heterocycles. The number of ether oxygens (including phenoxy) is 1. The molecule has 0 unspecified atom stereocenters. The van der Waals surface area contributed by atoms with E-state index >= 15 is 0 Å². The van der Waals surface area contributed by atoms with Crippen LogP contribution in [0.2, 0.25) is 0 Å². The van der Waals surface area contributed by atoms with E-state index in [2.05, 4.69) is 20.4 Å². The summed E-state index contributed by atoms with van der Waals surface area (Å²) in [5.41, 5.74) is 0.342. The number of amides is 1. The Labute approximate surface area is 106 Å². The molecular formula is C12H18N4O2. The fraction of sp³-hybridized carbons (Fsp3) is 0.583. The molecule has 1 aromatic rings. The highest BCUT2D eigenvalue weighted by molar-refractivity contribution is 5.92. The monoisotopic (exact) mass is 250 g/mol. The highest BCUT2D eigenvalue weighted by atomic mass is 16.5. The molecule has 0 aromatic carbocycles. The van der Waals surface area contributed by atoms with E-state index in [4.69, 9.17) is 4.74 Å². The van der Waals surface area contributed by atoms with Gasteiger partial charge < -0.3 is 15.0 Å². The second kappa shape index (κ2) is 6.30. The molecule has 18 heavy (non-hydrogen) atoms. The molecule has 0 aliphatic carbocycles. The van der Waals surface area contributed by atoms with Gasteiger partial charge in [-0.3, -0.25) is 4.79 Å². The Morgan fingerprint density at radius 3 is 2.78 bits per heavy atom. The molecule has 1 fully saturated rings. The first-order valence-electron chi connectivity index (χ1n) is 6.17. The summed E-state index contributed by atoms with van der Waals surface area (Å²) in [7, 11) is 1.59. The number of aromatic nitrogens is 2. The van der Waals surface area contributed by atoms with Gasteiger partial charge in [-0.1, -0.05) is 0 Å². The first-order chi connectivity index (χ1) is 8.81. The van der Waals surface area contributed by atoms with Crippen LogP contribution < -0.4 is 10.2 Å². The molecule has 98 valence electrons. The molecule has 1 aliphatic rings. The van der Waals surface area contributed by atoms with Gasteiger partial charge in [0, 0.05) is 26.7 Å². The Hall–Kier alpha value is -1.69. The zero-order chi connectivity index (χ0) is 12.8. The van der Waals surface area contributed by atoms with Gasteiger partial charge in [-0.15, -0.1) is 10.2 Å². The molecule has 2 heterocycles. The SMILES string of the molecule is COCCNC(=O)c1ccc(N2CCCC2)nn1. The van der Waals surface area contributed by atoms with E-state index in [1.54, 1.807) is 13.2 Å². The standard InChI is InChI=1S/C12H18N4O2/c1-18-9-6-13-12(17)10-4-5-11(15-14-10)16-7-2-3-8-16/h4-5H,2-3,6-9H2,1H3,(H,13,17). The lowest BCUT2D eigenvalue weighted by Gasteiger charge is -2.15. The largest absolute Gasteiger partial charge is 0.383 e. The molecule has 1 amide bonds. The summed E-state index contributed by atoms with van der Waals surface area (Å²) >= 11 is 0. The van der Waals surface area contributed by atoms with Gasteiger partial charge in [0.1, 0.15) is 0 Å². The summed E-state index contributed by atoms with van der Waals surface area (Å²) in [6.07, 6.45) is 2.39. The third-order valence-corrected chi connectivity index (χ3v) is 2.90. The van der Waals surface area contributed by atoms with E-state index in [1.807, 2.05) is 6.07 Å². The summed E-state index contributed by atoms with van der Waals surface area (Å²) in [5.74, 6) is 0.633. The summed E-state index contributed by atoms with van der Waals surface area (Å²) < 4.78 is 4.86. The number of hydrogen-bond acceptors (Lipinski definition) is 5. The lowest BCUT2D eigenvalue weighted by atomic mass is 10.3. The van der Waals surface area contributed by atoms with Crippen molar-refractivity contribution in [1.82, 2.24) is 15.5 Å². The maximum atomic E-state index is 11.7. The lowest BCUT2D eigenvalue weighted by molar-refractivity contribution is 0.0931. The number of nitrogens with zero attached hydrogens (tertiary/aromatic N) is 3. The van der Waals surface area contributed by atoms with Crippen molar-refractivity contribution >= 4 is 11.7 Å². The van der Waals surface area contributed by atoms with E-state index in [0.717, 1.165) is 18.9 Å². The second-order valence-corrected chi connectivity index (χ2v) is 4.22. The van der Waals surface area contributed by atoms with Gasteiger partial charge in [0.15, 0.2) is 11.5 Å². The molecule has 0 spiro atoms. The smallest absolute Gasteiger partial charge is 0.271 e. The van der Waals surface area contributed by atoms with Crippen molar-refractivity contribution in [3.8, 4) is 0 Å². The van der Waals surface area contributed by atoms with Crippen LogP contribution in [0.4, 0.5) is 5.82 Å². The number of methoxy groups -OCH3 is 1. The lowest BCUT2D eigenvalue weighted by Crippen LogP contribution is -2.28. The molecule has 0 atom stereocenters. The van der Waals surface area contributed by atoms with E-state index in [-0.39, 0.29) is 5.91 Å². The third-order valence-electron chi connectivity index (χ3n) is 2.90. The van der Waals surface area contributed by atoms with Crippen molar-refractivity contribution < 1.29 is 9.53 Å². The van der Waals surface area contributed by atoms with Crippen molar-refractivity contribution in [2.75, 3.05) is 38.3 Å². The molecule has 0 saturated carbocycles. The van der Waals surface area contributed by atoms with Gasteiger partial charge in [-0.2, -0.15) is 0 Å². The number of rotatable bonds is 5. The second-order valence-electron chi connectivity index (χ2n) is 4.22. The fourth-order valence-electron chi connectivity index (χ4n) is 1.92. The van der Waals surface area contributed by atoms with Gasteiger partial charge in [0.2, 0.25) is 0 Å². The van der Waals surface area contributed by atoms with Crippen LogP contribution in [0.3, 0.4) is 0 Å². The molecular weight excluding hydrogens is 232 g/mol. The van der Waals surface area contributed by atoms with E-state index in [9.17, 15) is 4.79 Å². The first-order valence-corrected chi connectivity index (χ1v) is 6.17. The van der Waals surface area contributed by atoms with Gasteiger partial charge in [-0.25, -0.2) is 0 Å². The van der Waals surface area contributed by atoms with Gasteiger partial charge in [0.25, 0.3) is 5.91 Å². The number of hydrogen-bond donors (Lipinski definition) is 1. The maximum absolute atomic E-state index is 11.7. The summed E-state index contributed by atoms with van der Waals surface area (Å²) in [5, 5.41) is 10.8. The van der Waals surface area contributed by atoms with Crippen molar-refractivity contribution in [2.45, 2.75) is 12.8 Å². The Balaban J connectivity index is 1.92. The van der Waals surface area contributed by atoms with E-state index in [1.165, 1.54) is 12.8 Å². The predicted octanol–water partition coefficient (Wildman–Crippen LogP) is 0.453. The quantitative estimate of drug-likeness (QED) is 0.769. The van der Waals surface area contributed by atoms with Gasteiger partial charge in [-0.05, 0) is 25.0 Å². The van der Waals surface area contributed by atoms with Crippen LogP contribution in [0.5, 0.6) is 0 Å². The molecule has 1 aliphatic heterocycles. The zero-order valence-electron chi connectivity index (χ0n) is 10.6. The van der Waals surface area contributed by atoms with Crippen LogP contribution in [0.15, 0.2) is 12.1 Å². The first kappa shape index (κ1) is 12.8. The normalized spacial score (nSPS) is 14.8. The van der Waals surface area contributed by atoms with E-state index in [0.29, 0.717) is 18.8 Å².